The Labute approximate surface area is 192 Å². The van der Waals surface area contributed by atoms with Crippen molar-refractivity contribution in [1.29, 1.82) is 0 Å². The van der Waals surface area contributed by atoms with Crippen LogP contribution in [0.2, 0.25) is 0 Å². The van der Waals surface area contributed by atoms with Gasteiger partial charge in [0, 0.05) is 24.3 Å². The molecule has 4 rings (SSSR count). The fourth-order valence-corrected chi connectivity index (χ4v) is 3.44. The third kappa shape index (κ3) is 4.36. The Morgan fingerprint density at radius 3 is 2.09 bits per heavy atom. The fraction of sp³-hybridized carbons (Fsp3) is 0.286. The molecule has 0 unspecified atom stereocenters. The van der Waals surface area contributed by atoms with Crippen LogP contribution in [0.25, 0.3) is 22.3 Å². The zero-order valence-electron chi connectivity index (χ0n) is 17.0. The average Bonchev–Trinajstić information content (AvgIpc) is 2.73. The number of rotatable bonds is 3. The Balaban J connectivity index is 0.00000306. The van der Waals surface area contributed by atoms with Gasteiger partial charge < -0.3 is 62.7 Å². The zero-order chi connectivity index (χ0) is 23.3. The monoisotopic (exact) mass is 484 g/mol. The summed E-state index contributed by atoms with van der Waals surface area (Å²) in [7, 11) is 0. The van der Waals surface area contributed by atoms with Crippen LogP contribution in [0.3, 0.4) is 0 Å². The second kappa shape index (κ2) is 8.96. The number of fused-ring (bicyclic) bond motifs is 1. The van der Waals surface area contributed by atoms with Crippen LogP contribution in [0, 0.1) is 0 Å². The van der Waals surface area contributed by atoms with E-state index >= 15 is 0 Å². The van der Waals surface area contributed by atoms with Crippen molar-refractivity contribution in [3.8, 4) is 45.8 Å². The van der Waals surface area contributed by atoms with E-state index in [0.29, 0.717) is 0 Å². The Morgan fingerprint density at radius 2 is 1.45 bits per heavy atom. The van der Waals surface area contributed by atoms with Crippen molar-refractivity contribution in [2.45, 2.75) is 37.6 Å². The lowest BCUT2D eigenvalue weighted by atomic mass is 10.00. The van der Waals surface area contributed by atoms with Gasteiger partial charge in [-0.15, -0.1) is 0 Å². The summed E-state index contributed by atoms with van der Waals surface area (Å²) in [4.78, 5) is 0. The molecule has 0 aliphatic carbocycles. The Morgan fingerprint density at radius 1 is 0.818 bits per heavy atom. The minimum atomic E-state index is -1.65. The lowest BCUT2D eigenvalue weighted by Crippen LogP contribution is -3.00. The molecule has 1 saturated heterocycles. The van der Waals surface area contributed by atoms with Gasteiger partial charge in [-0.05, 0) is 6.92 Å². The molecule has 12 heteroatoms. The summed E-state index contributed by atoms with van der Waals surface area (Å²) in [5, 5.41) is 79.7. The third-order valence-corrected chi connectivity index (χ3v) is 5.20. The first-order valence-electron chi connectivity index (χ1n) is 9.51. The number of hydrogen-bond acceptors (Lipinski definition) is 10. The zero-order valence-corrected chi connectivity index (χ0v) is 17.7. The summed E-state index contributed by atoms with van der Waals surface area (Å²) in [5.74, 6) is -3.04. The number of phenolic OH excluding ortho intramolecular Hbond substituents is 5. The molecule has 33 heavy (non-hydrogen) atoms. The topological polar surface area (TPSA) is 192 Å². The highest BCUT2D eigenvalue weighted by Crippen LogP contribution is 2.44. The van der Waals surface area contributed by atoms with Gasteiger partial charge in [-0.25, -0.2) is 4.42 Å². The van der Waals surface area contributed by atoms with Crippen molar-refractivity contribution in [1.82, 2.24) is 0 Å². The van der Waals surface area contributed by atoms with Crippen LogP contribution in [0.4, 0.5) is 0 Å². The van der Waals surface area contributed by atoms with E-state index in [0.717, 1.165) is 18.2 Å². The predicted octanol–water partition coefficient (Wildman–Crippen LogP) is -1.88. The molecule has 5 atom stereocenters. The number of aromatic hydroxyl groups is 5. The molecule has 0 saturated carbocycles. The molecule has 3 aromatic rings. The van der Waals surface area contributed by atoms with E-state index in [1.165, 1.54) is 19.1 Å². The van der Waals surface area contributed by atoms with E-state index < -0.39 is 48.0 Å². The average molecular weight is 485 g/mol. The largest absolute Gasteiger partial charge is 1.00 e. The van der Waals surface area contributed by atoms with Gasteiger partial charge in [0.2, 0.25) is 12.0 Å². The van der Waals surface area contributed by atoms with Gasteiger partial charge in [0.05, 0.1) is 17.7 Å². The van der Waals surface area contributed by atoms with Crippen LogP contribution in [-0.2, 0) is 4.74 Å². The fourth-order valence-electron chi connectivity index (χ4n) is 3.44. The first-order chi connectivity index (χ1) is 15.1. The van der Waals surface area contributed by atoms with Crippen LogP contribution in [-0.4, -0.2) is 71.6 Å². The molecule has 0 radical (unpaired) electrons. The molecule has 1 aliphatic heterocycles. The maximum absolute atomic E-state index is 10.3. The maximum Gasteiger partial charge on any atom is 0.402 e. The second-order valence-electron chi connectivity index (χ2n) is 7.48. The quantitative estimate of drug-likeness (QED) is 0.153. The summed E-state index contributed by atoms with van der Waals surface area (Å²) in [5.41, 5.74) is 0.0299. The van der Waals surface area contributed by atoms with Crippen LogP contribution < -0.4 is 17.1 Å². The van der Waals surface area contributed by atoms with E-state index in [9.17, 15) is 40.9 Å². The highest BCUT2D eigenvalue weighted by molar-refractivity contribution is 5.88. The predicted molar refractivity (Wildman–Crippen MR) is 107 cm³/mol. The van der Waals surface area contributed by atoms with Gasteiger partial charge in [-0.3, -0.25) is 0 Å². The van der Waals surface area contributed by atoms with Gasteiger partial charge in [-0.1, -0.05) is 0 Å². The molecule has 2 aromatic carbocycles. The highest BCUT2D eigenvalue weighted by atomic mass is 35.5. The van der Waals surface area contributed by atoms with E-state index in [1.54, 1.807) is 0 Å². The molecule has 11 nitrogen and oxygen atoms in total. The second-order valence-corrected chi connectivity index (χ2v) is 7.48. The minimum Gasteiger partial charge on any atom is -1.00 e. The summed E-state index contributed by atoms with van der Waals surface area (Å²) in [6.45, 7) is 1.46. The van der Waals surface area contributed by atoms with E-state index in [2.05, 4.69) is 0 Å². The molecule has 2 heterocycles. The van der Waals surface area contributed by atoms with Crippen molar-refractivity contribution < 1.29 is 67.2 Å². The smallest absolute Gasteiger partial charge is 0.402 e. The summed E-state index contributed by atoms with van der Waals surface area (Å²) >= 11 is 0. The number of phenols is 5. The number of halogens is 1. The number of aliphatic hydroxyl groups is 3. The first-order valence-corrected chi connectivity index (χ1v) is 9.51. The van der Waals surface area contributed by atoms with Crippen molar-refractivity contribution in [2.24, 2.45) is 0 Å². The molecule has 0 spiro atoms. The van der Waals surface area contributed by atoms with E-state index in [-0.39, 0.29) is 51.9 Å². The van der Waals surface area contributed by atoms with Crippen molar-refractivity contribution in [3.05, 3.63) is 30.3 Å². The highest BCUT2D eigenvalue weighted by Gasteiger charge is 2.44. The molecule has 1 aliphatic rings. The molecule has 178 valence electrons. The molecule has 0 amide bonds. The number of benzene rings is 2. The number of aliphatic hydroxyl groups excluding tert-OH is 3. The summed E-state index contributed by atoms with van der Waals surface area (Å²) < 4.78 is 16.9. The Bertz CT molecular complexity index is 1160. The molecule has 1 fully saturated rings. The molecule has 8 N–H and O–H groups in total. The van der Waals surface area contributed by atoms with Gasteiger partial charge in [0.15, 0.2) is 17.2 Å². The molecule has 0 bridgehead atoms. The maximum atomic E-state index is 10.3. The van der Waals surface area contributed by atoms with E-state index in [1.807, 2.05) is 0 Å². The number of ether oxygens (including phenoxy) is 2. The summed E-state index contributed by atoms with van der Waals surface area (Å²) in [6.07, 6.45) is -6.94. The molecule has 1 aromatic heterocycles. The van der Waals surface area contributed by atoms with Crippen molar-refractivity contribution in [3.63, 3.8) is 0 Å². The summed E-state index contributed by atoms with van der Waals surface area (Å²) in [6, 6.07) is 5.69. The third-order valence-electron chi connectivity index (χ3n) is 5.20. The molecular formula is C21H21ClO11. The van der Waals surface area contributed by atoms with Gasteiger partial charge >= 0.3 is 11.3 Å². The molecular weight excluding hydrogens is 464 g/mol. The number of hydrogen-bond donors (Lipinski definition) is 8. The lowest BCUT2D eigenvalue weighted by Gasteiger charge is -2.38. The van der Waals surface area contributed by atoms with Crippen LogP contribution in [0.1, 0.15) is 6.92 Å². The van der Waals surface area contributed by atoms with Crippen LogP contribution in [0.5, 0.6) is 34.5 Å². The normalized spacial score (nSPS) is 24.9. The standard InChI is InChI=1S/C21H20O11.ClH/c1-7-16(26)18(28)19(29)21(30-7)32-15-6-10-11(23)4-9(22)5-14(10)31-20(15)8-2-12(24)17(27)13(25)3-8;/h2-7,16,18-19,21,26,28-29H,1H3,(H4-,22,23,24,25,27);1H/t7-,16-,18+,19+,21-;/m0./s1. The van der Waals surface area contributed by atoms with E-state index in [4.69, 9.17) is 13.9 Å². The SMILES string of the molecule is C[C@@H]1O[C@@H](Oc2cc3c(O)cc(O)cc3[o+]c2-c2cc(O)c(O)c(O)c2)[C@H](O)[C@H](O)[C@H]1O.[Cl-]. The van der Waals surface area contributed by atoms with Crippen molar-refractivity contribution in [2.75, 3.05) is 0 Å². The Hall–Kier alpha value is -3.22. The lowest BCUT2D eigenvalue weighted by molar-refractivity contribution is -0.268. The first kappa shape index (κ1) is 24.4. The van der Waals surface area contributed by atoms with Gasteiger partial charge in [0.25, 0.3) is 0 Å². The van der Waals surface area contributed by atoms with Gasteiger partial charge in [0.1, 0.15) is 35.2 Å². The van der Waals surface area contributed by atoms with Gasteiger partial charge in [-0.2, -0.15) is 0 Å². The Kier molecular flexibility index (Phi) is 6.63. The minimum absolute atomic E-state index is 0. The van der Waals surface area contributed by atoms with Crippen molar-refractivity contribution >= 4 is 11.0 Å². The van der Waals surface area contributed by atoms with Crippen LogP contribution in [0.15, 0.2) is 34.7 Å². The van der Waals surface area contributed by atoms with Crippen LogP contribution >= 0.6 is 0 Å².